The van der Waals surface area contributed by atoms with Crippen LogP contribution in [-0.4, -0.2) is 17.1 Å². The molecular formula is C22H26F3NO2. The molecule has 0 aromatic heterocycles. The molecule has 1 fully saturated rings. The van der Waals surface area contributed by atoms with E-state index in [2.05, 4.69) is 11.7 Å². The molecule has 0 atom stereocenters. The van der Waals surface area contributed by atoms with Gasteiger partial charge in [0.1, 0.15) is 11.5 Å². The largest absolute Gasteiger partial charge is 0.457 e. The zero-order chi connectivity index (χ0) is 20.7. The molecule has 0 spiro atoms. The van der Waals surface area contributed by atoms with E-state index in [-0.39, 0.29) is 5.56 Å². The van der Waals surface area contributed by atoms with Gasteiger partial charge in [0, 0.05) is 5.56 Å². The van der Waals surface area contributed by atoms with Crippen molar-refractivity contribution in [1.82, 2.24) is 0 Å². The Balaban J connectivity index is 2.10. The van der Waals surface area contributed by atoms with Crippen LogP contribution in [0.3, 0.4) is 0 Å². The molecule has 152 valence electrons. The second-order valence-electron chi connectivity index (χ2n) is 6.96. The number of benzene rings is 1. The van der Waals surface area contributed by atoms with Gasteiger partial charge < -0.3 is 9.94 Å². The number of nitrogens with zero attached hydrogens (tertiary/aromatic N) is 1. The maximum Gasteiger partial charge on any atom is 0.437 e. The van der Waals surface area contributed by atoms with Crippen LogP contribution in [0, 0.1) is 5.92 Å². The summed E-state index contributed by atoms with van der Waals surface area (Å²) in [4.78, 5) is 0. The lowest BCUT2D eigenvalue weighted by Crippen LogP contribution is -2.23. The summed E-state index contributed by atoms with van der Waals surface area (Å²) in [5, 5.41) is 11.0. The van der Waals surface area contributed by atoms with E-state index in [1.165, 1.54) is 43.5 Å². The lowest BCUT2D eigenvalue weighted by molar-refractivity contribution is -0.0601. The van der Waals surface area contributed by atoms with Crippen molar-refractivity contribution in [3.8, 4) is 5.75 Å². The zero-order valence-electron chi connectivity index (χ0n) is 16.2. The minimum absolute atomic E-state index is 0.234. The molecule has 28 heavy (non-hydrogen) atoms. The molecule has 2 rings (SSSR count). The summed E-state index contributed by atoms with van der Waals surface area (Å²) < 4.78 is 44.3. The van der Waals surface area contributed by atoms with Crippen molar-refractivity contribution >= 4 is 5.71 Å². The summed E-state index contributed by atoms with van der Waals surface area (Å²) in [7, 11) is 0. The Morgan fingerprint density at radius 2 is 1.79 bits per heavy atom. The lowest BCUT2D eigenvalue weighted by atomic mass is 9.84. The van der Waals surface area contributed by atoms with Crippen molar-refractivity contribution in [3.63, 3.8) is 0 Å². The Morgan fingerprint density at radius 1 is 1.18 bits per heavy atom. The average molecular weight is 393 g/mol. The molecule has 0 saturated heterocycles. The Bertz CT molecular complexity index is 768. The van der Waals surface area contributed by atoms with Crippen molar-refractivity contribution in [2.75, 3.05) is 0 Å². The Morgan fingerprint density at radius 3 is 2.29 bits per heavy atom. The van der Waals surface area contributed by atoms with E-state index in [1.54, 1.807) is 0 Å². The quantitative estimate of drug-likeness (QED) is 0.190. The molecule has 0 amide bonds. The van der Waals surface area contributed by atoms with E-state index in [1.807, 2.05) is 26.0 Å². The fourth-order valence-corrected chi connectivity index (χ4v) is 3.39. The molecule has 0 unspecified atom stereocenters. The molecule has 0 radical (unpaired) electrons. The van der Waals surface area contributed by atoms with Crippen LogP contribution in [0.15, 0.2) is 65.1 Å². The van der Waals surface area contributed by atoms with Crippen molar-refractivity contribution in [1.29, 1.82) is 0 Å². The van der Waals surface area contributed by atoms with Gasteiger partial charge in [0.05, 0.1) is 0 Å². The Kier molecular flexibility index (Phi) is 7.49. The molecule has 1 aliphatic rings. The fraction of sp³-hybridized carbons (Fsp3) is 0.409. The van der Waals surface area contributed by atoms with Gasteiger partial charge in [0.25, 0.3) is 0 Å². The van der Waals surface area contributed by atoms with Gasteiger partial charge in [-0.05, 0) is 68.5 Å². The maximum absolute atomic E-state index is 12.8. The van der Waals surface area contributed by atoms with Gasteiger partial charge in [0.15, 0.2) is 5.71 Å². The van der Waals surface area contributed by atoms with Crippen LogP contribution in [0.4, 0.5) is 13.2 Å². The summed E-state index contributed by atoms with van der Waals surface area (Å²) in [6.45, 7) is 7.97. The van der Waals surface area contributed by atoms with Crippen molar-refractivity contribution in [2.24, 2.45) is 11.1 Å². The first-order valence-electron chi connectivity index (χ1n) is 9.37. The zero-order valence-corrected chi connectivity index (χ0v) is 16.2. The van der Waals surface area contributed by atoms with Crippen LogP contribution in [0.5, 0.6) is 5.75 Å². The summed E-state index contributed by atoms with van der Waals surface area (Å²) in [5.74, 6) is 1.52. The van der Waals surface area contributed by atoms with Gasteiger partial charge in [-0.25, -0.2) is 0 Å². The summed E-state index contributed by atoms with van der Waals surface area (Å²) in [6, 6.07) is 5.26. The van der Waals surface area contributed by atoms with Gasteiger partial charge in [-0.1, -0.05) is 42.6 Å². The summed E-state index contributed by atoms with van der Waals surface area (Å²) in [6.07, 6.45) is 5.16. The standard InChI is InChI=1S/C22H26F3NO2/c1-4-20(16(3)14-15(2)17-8-6-5-7-9-17)28-19-12-10-18(11-13-19)21(26-27)22(23,24)25/h4,10-14,17,27H,2,5-9H2,1,3H3/b16-14-,20-4+,26-21-. The van der Waals surface area contributed by atoms with Gasteiger partial charge in [-0.3, -0.25) is 0 Å². The lowest BCUT2D eigenvalue weighted by Gasteiger charge is -2.22. The molecule has 1 aliphatic carbocycles. The van der Waals surface area contributed by atoms with Crippen LogP contribution in [0.2, 0.25) is 0 Å². The van der Waals surface area contributed by atoms with Crippen molar-refractivity contribution < 1.29 is 23.1 Å². The average Bonchev–Trinajstić information content (AvgIpc) is 2.67. The third-order valence-corrected chi connectivity index (χ3v) is 4.91. The van der Waals surface area contributed by atoms with Gasteiger partial charge in [-0.15, -0.1) is 0 Å². The van der Waals surface area contributed by atoms with Crippen LogP contribution < -0.4 is 4.74 Å². The van der Waals surface area contributed by atoms with Crippen LogP contribution in [-0.2, 0) is 0 Å². The summed E-state index contributed by atoms with van der Waals surface area (Å²) >= 11 is 0. The maximum atomic E-state index is 12.8. The third kappa shape index (κ3) is 5.75. The van der Waals surface area contributed by atoms with E-state index < -0.39 is 11.9 Å². The smallest absolute Gasteiger partial charge is 0.437 e. The van der Waals surface area contributed by atoms with Gasteiger partial charge in [0.2, 0.25) is 0 Å². The molecule has 1 aromatic carbocycles. The normalized spacial score (nSPS) is 17.5. The van der Waals surface area contributed by atoms with Crippen LogP contribution in [0.25, 0.3) is 0 Å². The molecule has 0 heterocycles. The molecule has 6 heteroatoms. The van der Waals surface area contributed by atoms with E-state index in [0.29, 0.717) is 17.4 Å². The molecule has 0 aliphatic heterocycles. The molecular weight excluding hydrogens is 367 g/mol. The predicted octanol–water partition coefficient (Wildman–Crippen LogP) is 6.79. The molecule has 0 bridgehead atoms. The second-order valence-corrected chi connectivity index (χ2v) is 6.96. The number of ether oxygens (including phenoxy) is 1. The first-order chi connectivity index (χ1) is 13.3. The topological polar surface area (TPSA) is 41.8 Å². The fourth-order valence-electron chi connectivity index (χ4n) is 3.39. The monoisotopic (exact) mass is 393 g/mol. The first-order valence-corrected chi connectivity index (χ1v) is 9.37. The second kappa shape index (κ2) is 9.62. The predicted molar refractivity (Wildman–Crippen MR) is 105 cm³/mol. The van der Waals surface area contributed by atoms with Crippen molar-refractivity contribution in [2.45, 2.75) is 52.1 Å². The number of hydrogen-bond donors (Lipinski definition) is 1. The van der Waals surface area contributed by atoms with Gasteiger partial charge >= 0.3 is 6.18 Å². The number of alkyl halides is 3. The van der Waals surface area contributed by atoms with E-state index in [4.69, 9.17) is 9.94 Å². The Hall–Kier alpha value is -2.50. The highest BCUT2D eigenvalue weighted by molar-refractivity contribution is 6.04. The highest BCUT2D eigenvalue weighted by atomic mass is 19.4. The summed E-state index contributed by atoms with van der Waals surface area (Å²) in [5.41, 5.74) is 0.423. The third-order valence-electron chi connectivity index (χ3n) is 4.91. The van der Waals surface area contributed by atoms with Gasteiger partial charge in [-0.2, -0.15) is 13.2 Å². The number of hydrogen-bond acceptors (Lipinski definition) is 3. The van der Waals surface area contributed by atoms with Crippen LogP contribution >= 0.6 is 0 Å². The van der Waals surface area contributed by atoms with E-state index >= 15 is 0 Å². The van der Waals surface area contributed by atoms with E-state index in [9.17, 15) is 13.2 Å². The minimum Gasteiger partial charge on any atom is -0.457 e. The molecule has 1 aromatic rings. The molecule has 1 saturated carbocycles. The first kappa shape index (κ1) is 21.8. The van der Waals surface area contributed by atoms with Crippen molar-refractivity contribution in [3.05, 3.63) is 65.5 Å². The highest BCUT2D eigenvalue weighted by Crippen LogP contribution is 2.31. The minimum atomic E-state index is -4.73. The van der Waals surface area contributed by atoms with Crippen LogP contribution in [0.1, 0.15) is 51.5 Å². The SMILES string of the molecule is C=C(/C=C(C)\C(=C/C)Oc1ccc(/C(=N/O)C(F)(F)F)cc1)C1CCCCC1. The number of halogens is 3. The number of oxime groups is 1. The molecule has 3 nitrogen and oxygen atoms in total. The highest BCUT2D eigenvalue weighted by Gasteiger charge is 2.37. The Labute approximate surface area is 163 Å². The molecule has 1 N–H and O–H groups in total. The van der Waals surface area contributed by atoms with E-state index in [0.717, 1.165) is 24.0 Å². The number of rotatable bonds is 6. The number of allylic oxidation sites excluding steroid dienone is 4.